The molecule has 0 radical (unpaired) electrons. The number of ether oxygens (including phenoxy) is 3. The summed E-state index contributed by atoms with van der Waals surface area (Å²) < 4.78 is 16.6. The van der Waals surface area contributed by atoms with Gasteiger partial charge < -0.3 is 24.4 Å². The van der Waals surface area contributed by atoms with E-state index in [0.29, 0.717) is 17.1 Å². The van der Waals surface area contributed by atoms with Crippen LogP contribution < -0.4 is 14.2 Å². The lowest BCUT2D eigenvalue weighted by Gasteiger charge is -2.18. The largest absolute Gasteiger partial charge is 0.487 e. The van der Waals surface area contributed by atoms with E-state index in [1.807, 2.05) is 19.9 Å². The van der Waals surface area contributed by atoms with Crippen LogP contribution in [0.2, 0.25) is 0 Å². The minimum atomic E-state index is -0.732. The van der Waals surface area contributed by atoms with Gasteiger partial charge in [-0.25, -0.2) is 4.79 Å². The Balaban J connectivity index is 2.22. The van der Waals surface area contributed by atoms with Crippen molar-refractivity contribution in [3.05, 3.63) is 54.1 Å². The monoisotopic (exact) mass is 346 g/mol. The van der Waals surface area contributed by atoms with Crippen LogP contribution in [0.1, 0.15) is 24.2 Å². The van der Waals surface area contributed by atoms with Gasteiger partial charge in [-0.2, -0.15) is 0 Å². The SMILES string of the molecule is CC(C)Oc1cc(OC(CO)CO)ccc1OC(=O)c1ccccc1. The maximum atomic E-state index is 12.2. The number of aliphatic hydroxyl groups is 2. The van der Waals surface area contributed by atoms with Crippen LogP contribution >= 0.6 is 0 Å². The van der Waals surface area contributed by atoms with Gasteiger partial charge in [0.2, 0.25) is 0 Å². The lowest BCUT2D eigenvalue weighted by molar-refractivity contribution is 0.0624. The van der Waals surface area contributed by atoms with Crippen molar-refractivity contribution in [1.82, 2.24) is 0 Å². The molecule has 2 aromatic carbocycles. The maximum absolute atomic E-state index is 12.2. The first-order valence-electron chi connectivity index (χ1n) is 7.99. The standard InChI is InChI=1S/C19H22O6/c1-13(2)23-18-10-15(24-16(11-20)12-21)8-9-17(18)25-19(22)14-6-4-3-5-7-14/h3-10,13,16,20-21H,11-12H2,1-2H3. The maximum Gasteiger partial charge on any atom is 0.343 e. The number of carbonyl (C=O) groups excluding carboxylic acids is 1. The molecule has 0 aliphatic heterocycles. The second-order valence-corrected chi connectivity index (χ2v) is 5.64. The number of aliphatic hydroxyl groups excluding tert-OH is 2. The van der Waals surface area contributed by atoms with Gasteiger partial charge in [-0.05, 0) is 38.1 Å². The van der Waals surface area contributed by atoms with Crippen molar-refractivity contribution in [3.63, 3.8) is 0 Å². The van der Waals surface area contributed by atoms with Crippen LogP contribution in [0, 0.1) is 0 Å². The van der Waals surface area contributed by atoms with Crippen LogP contribution in [0.25, 0.3) is 0 Å². The molecule has 134 valence electrons. The van der Waals surface area contributed by atoms with Crippen molar-refractivity contribution in [2.45, 2.75) is 26.1 Å². The second kappa shape index (κ2) is 9.05. The van der Waals surface area contributed by atoms with Gasteiger partial charge in [0.05, 0.1) is 24.9 Å². The second-order valence-electron chi connectivity index (χ2n) is 5.64. The Morgan fingerprint density at radius 1 is 0.960 bits per heavy atom. The van der Waals surface area contributed by atoms with Gasteiger partial charge in [-0.15, -0.1) is 0 Å². The molecule has 2 N–H and O–H groups in total. The molecular weight excluding hydrogens is 324 g/mol. The summed E-state index contributed by atoms with van der Waals surface area (Å²) >= 11 is 0. The van der Waals surface area contributed by atoms with Crippen molar-refractivity contribution < 1.29 is 29.2 Å². The van der Waals surface area contributed by atoms with Crippen molar-refractivity contribution in [1.29, 1.82) is 0 Å². The lowest BCUT2D eigenvalue weighted by Crippen LogP contribution is -2.25. The van der Waals surface area contributed by atoms with Crippen molar-refractivity contribution in [2.75, 3.05) is 13.2 Å². The Hall–Kier alpha value is -2.57. The predicted molar refractivity (Wildman–Crippen MR) is 92.2 cm³/mol. The fraction of sp³-hybridized carbons (Fsp3) is 0.316. The number of carbonyl (C=O) groups is 1. The smallest absolute Gasteiger partial charge is 0.343 e. The molecule has 0 amide bonds. The van der Waals surface area contributed by atoms with Gasteiger partial charge in [0.25, 0.3) is 0 Å². The summed E-state index contributed by atoms with van der Waals surface area (Å²) in [5.41, 5.74) is 0.430. The lowest BCUT2D eigenvalue weighted by atomic mass is 10.2. The van der Waals surface area contributed by atoms with E-state index in [2.05, 4.69) is 0 Å². The summed E-state index contributed by atoms with van der Waals surface area (Å²) in [6.45, 7) is 3.06. The zero-order chi connectivity index (χ0) is 18.2. The molecule has 0 saturated heterocycles. The van der Waals surface area contributed by atoms with Crippen molar-refractivity contribution >= 4 is 5.97 Å². The van der Waals surface area contributed by atoms with E-state index in [9.17, 15) is 4.79 Å². The zero-order valence-electron chi connectivity index (χ0n) is 14.2. The van der Waals surface area contributed by atoms with Crippen LogP contribution in [0.5, 0.6) is 17.2 Å². The molecule has 2 aromatic rings. The highest BCUT2D eigenvalue weighted by atomic mass is 16.6. The number of hydrogen-bond donors (Lipinski definition) is 2. The number of rotatable bonds is 8. The molecule has 25 heavy (non-hydrogen) atoms. The molecule has 0 unspecified atom stereocenters. The Labute approximate surface area is 146 Å². The van der Waals surface area contributed by atoms with Crippen LogP contribution in [0.4, 0.5) is 0 Å². The van der Waals surface area contributed by atoms with Gasteiger partial charge in [0.15, 0.2) is 11.5 Å². The van der Waals surface area contributed by atoms with Gasteiger partial charge in [-0.3, -0.25) is 0 Å². The summed E-state index contributed by atoms with van der Waals surface area (Å²) in [6.07, 6.45) is -0.875. The Kier molecular flexibility index (Phi) is 6.80. The molecule has 0 aromatic heterocycles. The van der Waals surface area contributed by atoms with E-state index in [1.54, 1.807) is 42.5 Å². The summed E-state index contributed by atoms with van der Waals surface area (Å²) in [5.74, 6) is 0.501. The molecule has 0 aliphatic rings. The Morgan fingerprint density at radius 2 is 1.64 bits per heavy atom. The van der Waals surface area contributed by atoms with Gasteiger partial charge in [0.1, 0.15) is 11.9 Å². The average Bonchev–Trinajstić information content (AvgIpc) is 2.61. The van der Waals surface area contributed by atoms with E-state index in [0.717, 1.165) is 0 Å². The van der Waals surface area contributed by atoms with Crippen LogP contribution in [-0.4, -0.2) is 41.6 Å². The van der Waals surface area contributed by atoms with Gasteiger partial charge in [-0.1, -0.05) is 18.2 Å². The Bertz CT molecular complexity index is 680. The van der Waals surface area contributed by atoms with Crippen LogP contribution in [-0.2, 0) is 0 Å². The highest BCUT2D eigenvalue weighted by Crippen LogP contribution is 2.33. The summed E-state index contributed by atoms with van der Waals surface area (Å²) in [5, 5.41) is 18.2. The highest BCUT2D eigenvalue weighted by Gasteiger charge is 2.16. The number of esters is 1. The van der Waals surface area contributed by atoms with E-state index >= 15 is 0 Å². The summed E-state index contributed by atoms with van der Waals surface area (Å²) in [7, 11) is 0. The quantitative estimate of drug-likeness (QED) is 0.564. The topological polar surface area (TPSA) is 85.2 Å². The molecule has 0 atom stereocenters. The molecule has 0 heterocycles. The Morgan fingerprint density at radius 3 is 2.24 bits per heavy atom. The first-order chi connectivity index (χ1) is 12.0. The third-order valence-electron chi connectivity index (χ3n) is 3.20. The summed E-state index contributed by atoms with van der Waals surface area (Å²) in [4.78, 5) is 12.2. The number of benzene rings is 2. The highest BCUT2D eigenvalue weighted by molar-refractivity contribution is 5.91. The van der Waals surface area contributed by atoms with E-state index in [4.69, 9.17) is 24.4 Å². The molecule has 0 aliphatic carbocycles. The molecule has 0 fully saturated rings. The average molecular weight is 346 g/mol. The van der Waals surface area contributed by atoms with Crippen LogP contribution in [0.15, 0.2) is 48.5 Å². The fourth-order valence-electron chi connectivity index (χ4n) is 2.05. The summed E-state index contributed by atoms with van der Waals surface area (Å²) in [6, 6.07) is 13.3. The number of hydrogen-bond acceptors (Lipinski definition) is 6. The van der Waals surface area contributed by atoms with Gasteiger partial charge in [0, 0.05) is 6.07 Å². The first-order valence-corrected chi connectivity index (χ1v) is 7.99. The molecular formula is C19H22O6. The molecule has 0 saturated carbocycles. The molecule has 6 nitrogen and oxygen atoms in total. The molecule has 0 spiro atoms. The van der Waals surface area contributed by atoms with Gasteiger partial charge >= 0.3 is 5.97 Å². The third kappa shape index (κ3) is 5.48. The van der Waals surface area contributed by atoms with Crippen LogP contribution in [0.3, 0.4) is 0 Å². The minimum Gasteiger partial charge on any atom is -0.487 e. The van der Waals surface area contributed by atoms with E-state index in [1.165, 1.54) is 0 Å². The van der Waals surface area contributed by atoms with Crippen molar-refractivity contribution in [2.24, 2.45) is 0 Å². The normalized spacial score (nSPS) is 10.8. The zero-order valence-corrected chi connectivity index (χ0v) is 14.2. The molecule has 6 heteroatoms. The van der Waals surface area contributed by atoms with Crippen molar-refractivity contribution in [3.8, 4) is 17.2 Å². The first kappa shape index (κ1) is 18.8. The minimum absolute atomic E-state index is 0.143. The third-order valence-corrected chi connectivity index (χ3v) is 3.20. The fourth-order valence-corrected chi connectivity index (χ4v) is 2.05. The predicted octanol–water partition coefficient (Wildman–Crippen LogP) is 2.43. The van der Waals surface area contributed by atoms with E-state index in [-0.39, 0.29) is 25.1 Å². The molecule has 0 bridgehead atoms. The van der Waals surface area contributed by atoms with E-state index < -0.39 is 12.1 Å². The molecule has 2 rings (SSSR count).